The first-order valence-corrected chi connectivity index (χ1v) is 16.3. The molecule has 0 aromatic rings. The molecule has 0 fully saturated rings. The van der Waals surface area contributed by atoms with Crippen LogP contribution in [0.4, 0.5) is 0 Å². The van der Waals surface area contributed by atoms with E-state index in [-0.39, 0.29) is 20.0 Å². The zero-order chi connectivity index (χ0) is 15.2. The van der Waals surface area contributed by atoms with Crippen molar-refractivity contribution in [1.82, 2.24) is 0 Å². The highest BCUT2D eigenvalue weighted by Crippen LogP contribution is 2.22. The molecule has 0 heterocycles. The van der Waals surface area contributed by atoms with Gasteiger partial charge in [0.1, 0.15) is 0 Å². The van der Waals surface area contributed by atoms with Gasteiger partial charge in [-0.1, -0.05) is 0 Å². The highest BCUT2D eigenvalue weighted by molar-refractivity contribution is 6.85. The largest absolute Gasteiger partial charge is 0.639 e. The molecule has 0 saturated heterocycles. The monoisotopic (exact) mass is 382 g/mol. The van der Waals surface area contributed by atoms with E-state index < -0.39 is 25.7 Å². The van der Waals surface area contributed by atoms with Crippen molar-refractivity contribution >= 4 is 66.7 Å². The summed E-state index contributed by atoms with van der Waals surface area (Å²) in [7, 11) is -1.84. The minimum absolute atomic E-state index is 0.273. The molecule has 0 rings (SSSR count). The van der Waals surface area contributed by atoms with Crippen LogP contribution >= 0.6 is 0 Å². The van der Waals surface area contributed by atoms with Gasteiger partial charge >= 0.3 is 29.1 Å². The second kappa shape index (κ2) is 8.66. The minimum atomic E-state index is -3.27. The second-order valence-electron chi connectivity index (χ2n) is 5.50. The summed E-state index contributed by atoms with van der Waals surface area (Å²) in [5, 5.41) is 0. The first-order valence-electron chi connectivity index (χ1n) is 5.45. The van der Waals surface area contributed by atoms with Gasteiger partial charge in [0.15, 0.2) is 16.6 Å². The average Bonchev–Trinajstić information content (AvgIpc) is 2.19. The molecule has 0 aliphatic heterocycles. The Balaban J connectivity index is 5.06. The highest BCUT2D eigenvalue weighted by Gasteiger charge is 2.51. The van der Waals surface area contributed by atoms with E-state index in [0.717, 1.165) is 0 Å². The van der Waals surface area contributed by atoms with E-state index in [2.05, 4.69) is 21.0 Å². The number of hydrogen-bond donors (Lipinski definition) is 0. The van der Waals surface area contributed by atoms with Crippen LogP contribution in [0.5, 0.6) is 0 Å². The Morgan fingerprint density at radius 2 is 1.00 bits per heavy atom. The fourth-order valence-corrected chi connectivity index (χ4v) is 12.2. The number of hydrogen-bond acceptors (Lipinski definition) is 6. The Labute approximate surface area is 130 Å². The maximum Gasteiger partial charge on any atom is 0.639 e. The topological polar surface area (TPSA) is 55.4 Å². The van der Waals surface area contributed by atoms with Gasteiger partial charge in [-0.3, -0.25) is 0 Å². The van der Waals surface area contributed by atoms with Gasteiger partial charge in [-0.25, -0.2) is 0 Å². The van der Waals surface area contributed by atoms with E-state index >= 15 is 0 Å². The van der Waals surface area contributed by atoms with E-state index in [0.29, 0.717) is 0 Å². The zero-order valence-electron chi connectivity index (χ0n) is 11.9. The lowest BCUT2D eigenvalue weighted by Gasteiger charge is -2.37. The molecule has 106 valence electrons. The van der Waals surface area contributed by atoms with Gasteiger partial charge in [0.25, 0.3) is 0 Å². The predicted molar refractivity (Wildman–Crippen MR) is 82.0 cm³/mol. The van der Waals surface area contributed by atoms with Gasteiger partial charge in [0.05, 0.1) is 0 Å². The highest BCUT2D eigenvalue weighted by atomic mass is 28.5. The molecule has 19 heavy (non-hydrogen) atoms. The van der Waals surface area contributed by atoms with Gasteiger partial charge in [-0.2, -0.15) is 0 Å². The third-order valence-corrected chi connectivity index (χ3v) is 11.5. The van der Waals surface area contributed by atoms with Crippen molar-refractivity contribution in [2.75, 3.05) is 0 Å². The van der Waals surface area contributed by atoms with Crippen LogP contribution in [0.3, 0.4) is 0 Å². The maximum absolute atomic E-state index is 6.06. The molecule has 0 aliphatic rings. The summed E-state index contributed by atoms with van der Waals surface area (Å²) in [6, 6.07) is 0. The normalized spacial score (nSPS) is 13.9. The van der Waals surface area contributed by atoms with Crippen molar-refractivity contribution in [3.63, 3.8) is 0 Å². The molecule has 0 atom stereocenters. The molecule has 0 aromatic heterocycles. The van der Waals surface area contributed by atoms with Gasteiger partial charge in [0.2, 0.25) is 21.0 Å². The summed E-state index contributed by atoms with van der Waals surface area (Å²) in [6.45, 7) is 12.3. The van der Waals surface area contributed by atoms with E-state index in [1.54, 1.807) is 0 Å². The fraction of sp³-hybridized carbons (Fsp3) is 1.00. The zero-order valence-corrected chi connectivity index (χ0v) is 18.9. The molecule has 6 nitrogen and oxygen atoms in total. The quantitative estimate of drug-likeness (QED) is 0.511. The SMILES string of the molecule is C[Si](C)(C)O[Si](O[Si]O[Si])(O[Si]O[Si])O[Si](C)(C)C. The fourth-order valence-electron chi connectivity index (χ4n) is 1.02. The van der Waals surface area contributed by atoms with Gasteiger partial charge < -0.3 is 24.7 Å². The van der Waals surface area contributed by atoms with Crippen LogP contribution in [0.1, 0.15) is 0 Å². The van der Waals surface area contributed by atoms with Crippen LogP contribution in [-0.2, 0) is 24.7 Å². The van der Waals surface area contributed by atoms with E-state index in [1.807, 2.05) is 39.3 Å². The van der Waals surface area contributed by atoms with Crippen LogP contribution in [0.25, 0.3) is 0 Å². The Bertz CT molecular complexity index is 227. The van der Waals surface area contributed by atoms with Crippen LogP contribution < -0.4 is 0 Å². The number of rotatable bonds is 10. The summed E-state index contributed by atoms with van der Waals surface area (Å²) < 4.78 is 33.0. The van der Waals surface area contributed by atoms with E-state index in [4.69, 9.17) is 24.7 Å². The standard InChI is InChI=1S/C6H18O6Si7/c1-17(2,3)11-19(9-15-7-13,10-16-8-14)12-18(4,5)6/h1-6H3. The molecule has 0 amide bonds. The molecule has 0 aliphatic carbocycles. The molecule has 0 spiro atoms. The Morgan fingerprint density at radius 3 is 1.21 bits per heavy atom. The van der Waals surface area contributed by atoms with Crippen molar-refractivity contribution in [3.05, 3.63) is 0 Å². The van der Waals surface area contributed by atoms with Crippen LogP contribution in [0.15, 0.2) is 0 Å². The minimum Gasteiger partial charge on any atom is -0.435 e. The molecular weight excluding hydrogens is 365 g/mol. The molecule has 10 radical (unpaired) electrons. The van der Waals surface area contributed by atoms with Crippen LogP contribution in [-0.4, -0.2) is 66.7 Å². The van der Waals surface area contributed by atoms with Gasteiger partial charge in [0, 0.05) is 0 Å². The van der Waals surface area contributed by atoms with Gasteiger partial charge in [-0.15, -0.1) is 0 Å². The smallest absolute Gasteiger partial charge is 0.435 e. The Morgan fingerprint density at radius 1 is 0.684 bits per heavy atom. The third kappa shape index (κ3) is 10.6. The summed E-state index contributed by atoms with van der Waals surface area (Å²) in [5.74, 6) is 0. The van der Waals surface area contributed by atoms with Crippen molar-refractivity contribution in [1.29, 1.82) is 0 Å². The first-order chi connectivity index (χ1) is 8.54. The molecule has 13 heteroatoms. The van der Waals surface area contributed by atoms with Crippen molar-refractivity contribution < 1.29 is 24.7 Å². The summed E-state index contributed by atoms with van der Waals surface area (Å²) in [6.07, 6.45) is 0. The molecule has 0 saturated carbocycles. The third-order valence-electron chi connectivity index (χ3n) is 1.28. The van der Waals surface area contributed by atoms with Crippen molar-refractivity contribution in [3.8, 4) is 0 Å². The van der Waals surface area contributed by atoms with Crippen LogP contribution in [0, 0.1) is 0 Å². The maximum atomic E-state index is 6.06. The summed E-state index contributed by atoms with van der Waals surface area (Å²) in [5.41, 5.74) is 0. The lowest BCUT2D eigenvalue weighted by Crippen LogP contribution is -2.60. The Hall–Kier alpha value is 1.28. The van der Waals surface area contributed by atoms with E-state index in [1.165, 1.54) is 0 Å². The van der Waals surface area contributed by atoms with Crippen LogP contribution in [0.2, 0.25) is 39.3 Å². The van der Waals surface area contributed by atoms with Gasteiger partial charge in [-0.05, 0) is 39.3 Å². The lowest BCUT2D eigenvalue weighted by molar-refractivity contribution is 0.146. The molecular formula is C6H18O6Si7. The second-order valence-corrected chi connectivity index (χ2v) is 20.2. The molecule has 0 aromatic carbocycles. The molecule has 0 bridgehead atoms. The lowest BCUT2D eigenvalue weighted by atomic mass is 11.8. The average molecular weight is 383 g/mol. The Kier molecular flexibility index (Phi) is 9.24. The van der Waals surface area contributed by atoms with Crippen molar-refractivity contribution in [2.45, 2.75) is 39.3 Å². The predicted octanol–water partition coefficient (Wildman–Crippen LogP) is 0.427. The van der Waals surface area contributed by atoms with E-state index in [9.17, 15) is 0 Å². The summed E-state index contributed by atoms with van der Waals surface area (Å²) >= 11 is 0. The van der Waals surface area contributed by atoms with Crippen molar-refractivity contribution in [2.24, 2.45) is 0 Å². The summed E-state index contributed by atoms with van der Waals surface area (Å²) in [4.78, 5) is 0. The molecule has 0 N–H and O–H groups in total. The first kappa shape index (κ1) is 20.3. The molecule has 0 unspecified atom stereocenters.